The molecule has 11 heteroatoms. The van der Waals surface area contributed by atoms with Gasteiger partial charge in [-0.2, -0.15) is 18.2 Å². The second kappa shape index (κ2) is 12.4. The van der Waals surface area contributed by atoms with Gasteiger partial charge in [-0.15, -0.1) is 5.10 Å². The summed E-state index contributed by atoms with van der Waals surface area (Å²) in [6, 6.07) is 12.0. The second-order valence-electron chi connectivity index (χ2n) is 9.26. The lowest BCUT2D eigenvalue weighted by Gasteiger charge is -2.22. The summed E-state index contributed by atoms with van der Waals surface area (Å²) in [6.07, 6.45) is -5.12. The predicted octanol–water partition coefficient (Wildman–Crippen LogP) is 4.96. The smallest absolute Gasteiger partial charge is 0.416 e. The highest BCUT2D eigenvalue weighted by Crippen LogP contribution is 2.31. The van der Waals surface area contributed by atoms with E-state index in [0.29, 0.717) is 36.8 Å². The summed E-state index contributed by atoms with van der Waals surface area (Å²) in [4.78, 5) is 4.40. The average Bonchev–Trinajstić information content (AvgIpc) is 3.28. The Balaban J connectivity index is 1.78. The van der Waals surface area contributed by atoms with Crippen LogP contribution in [0.5, 0.6) is 6.01 Å². The molecule has 1 unspecified atom stereocenters. The number of hydrogen-bond donors (Lipinski definition) is 2. The van der Waals surface area contributed by atoms with Crippen LogP contribution in [0.15, 0.2) is 48.5 Å². The molecule has 8 nitrogen and oxygen atoms in total. The number of aromatic nitrogens is 3. The molecule has 0 saturated carbocycles. The predicted molar refractivity (Wildman–Crippen MR) is 134 cm³/mol. The Morgan fingerprint density at radius 2 is 1.68 bits per heavy atom. The number of anilines is 1. The SMILES string of the molecule is CCOCCOc1nc(-c2ccc(C(F)(F)F)cc2)n(-c2ccc(NCC(O)COC(C)(C)C)cc2)n1. The number of aliphatic hydroxyl groups is 1. The first-order chi connectivity index (χ1) is 17.5. The zero-order chi connectivity index (χ0) is 27.1. The third kappa shape index (κ3) is 8.73. The molecule has 0 aliphatic rings. The van der Waals surface area contributed by atoms with Crippen molar-refractivity contribution in [2.24, 2.45) is 0 Å². The van der Waals surface area contributed by atoms with E-state index >= 15 is 0 Å². The first-order valence-corrected chi connectivity index (χ1v) is 12.0. The number of nitrogens with zero attached hydrogens (tertiary/aromatic N) is 3. The zero-order valence-electron chi connectivity index (χ0n) is 21.4. The highest BCUT2D eigenvalue weighted by atomic mass is 19.4. The van der Waals surface area contributed by atoms with E-state index in [1.165, 1.54) is 16.8 Å². The minimum Gasteiger partial charge on any atom is -0.460 e. The third-order valence-corrected chi connectivity index (χ3v) is 5.08. The summed E-state index contributed by atoms with van der Waals surface area (Å²) in [5, 5.41) is 17.7. The van der Waals surface area contributed by atoms with Crippen molar-refractivity contribution in [2.45, 2.75) is 45.6 Å². The molecule has 0 bridgehead atoms. The number of aliphatic hydroxyl groups excluding tert-OH is 1. The molecule has 202 valence electrons. The third-order valence-electron chi connectivity index (χ3n) is 5.08. The topological polar surface area (TPSA) is 90.7 Å². The summed E-state index contributed by atoms with van der Waals surface area (Å²) in [6.45, 7) is 9.27. The Morgan fingerprint density at radius 3 is 2.27 bits per heavy atom. The van der Waals surface area contributed by atoms with Crippen molar-refractivity contribution < 1.29 is 32.5 Å². The lowest BCUT2D eigenvalue weighted by Crippen LogP contribution is -2.30. The van der Waals surface area contributed by atoms with E-state index < -0.39 is 17.8 Å². The molecule has 1 heterocycles. The van der Waals surface area contributed by atoms with Crippen molar-refractivity contribution in [1.29, 1.82) is 0 Å². The molecule has 37 heavy (non-hydrogen) atoms. The van der Waals surface area contributed by atoms with Gasteiger partial charge in [-0.05, 0) is 64.1 Å². The zero-order valence-corrected chi connectivity index (χ0v) is 21.4. The lowest BCUT2D eigenvalue weighted by atomic mass is 10.1. The van der Waals surface area contributed by atoms with Crippen molar-refractivity contribution in [3.8, 4) is 23.1 Å². The highest BCUT2D eigenvalue weighted by molar-refractivity contribution is 5.60. The fraction of sp³-hybridized carbons (Fsp3) is 0.462. The van der Waals surface area contributed by atoms with Crippen molar-refractivity contribution in [3.05, 3.63) is 54.1 Å². The van der Waals surface area contributed by atoms with Crippen molar-refractivity contribution in [2.75, 3.05) is 38.3 Å². The number of rotatable bonds is 12. The van der Waals surface area contributed by atoms with Crippen molar-refractivity contribution >= 4 is 5.69 Å². The Labute approximate surface area is 214 Å². The fourth-order valence-electron chi connectivity index (χ4n) is 3.23. The van der Waals surface area contributed by atoms with Crippen LogP contribution in [0.3, 0.4) is 0 Å². The van der Waals surface area contributed by atoms with Crippen LogP contribution in [0.2, 0.25) is 0 Å². The quantitative estimate of drug-likeness (QED) is 0.325. The molecule has 0 radical (unpaired) electrons. The Hall–Kier alpha value is -3.15. The monoisotopic (exact) mass is 522 g/mol. The lowest BCUT2D eigenvalue weighted by molar-refractivity contribution is -0.137. The molecule has 3 aromatic rings. The van der Waals surface area contributed by atoms with Gasteiger partial charge in [0.05, 0.1) is 36.2 Å². The van der Waals surface area contributed by atoms with Crippen LogP contribution in [0.4, 0.5) is 18.9 Å². The van der Waals surface area contributed by atoms with E-state index in [2.05, 4.69) is 15.4 Å². The van der Waals surface area contributed by atoms with Gasteiger partial charge in [-0.25, -0.2) is 4.68 Å². The maximum Gasteiger partial charge on any atom is 0.416 e. The summed E-state index contributed by atoms with van der Waals surface area (Å²) in [7, 11) is 0. The van der Waals surface area contributed by atoms with Crippen LogP contribution >= 0.6 is 0 Å². The molecule has 0 aliphatic carbocycles. The number of halogens is 3. The number of benzene rings is 2. The molecule has 0 aliphatic heterocycles. The molecule has 0 fully saturated rings. The molecule has 1 aromatic heterocycles. The minimum absolute atomic E-state index is 0.0822. The van der Waals surface area contributed by atoms with Gasteiger partial charge in [0.15, 0.2) is 5.82 Å². The maximum absolute atomic E-state index is 13.0. The van der Waals surface area contributed by atoms with Crippen LogP contribution in [0.25, 0.3) is 17.1 Å². The molecule has 2 aromatic carbocycles. The number of alkyl halides is 3. The first kappa shape index (κ1) is 28.4. The molecule has 0 amide bonds. The molecule has 0 spiro atoms. The number of ether oxygens (including phenoxy) is 3. The number of hydrogen-bond acceptors (Lipinski definition) is 7. The summed E-state index contributed by atoms with van der Waals surface area (Å²) in [5.74, 6) is 0.329. The van der Waals surface area contributed by atoms with Gasteiger partial charge in [0.1, 0.15) is 6.61 Å². The van der Waals surface area contributed by atoms with Gasteiger partial charge in [0.25, 0.3) is 0 Å². The van der Waals surface area contributed by atoms with Gasteiger partial charge < -0.3 is 24.6 Å². The standard InChI is InChI=1S/C26H33F3N4O4/c1-5-35-14-15-36-24-31-23(18-6-8-19(9-7-18)26(27,28)29)33(32-24)21-12-10-20(11-13-21)30-16-22(34)17-37-25(2,3)4/h6-13,22,30,34H,5,14-17H2,1-4H3. The summed E-state index contributed by atoms with van der Waals surface area (Å²) >= 11 is 0. The van der Waals surface area contributed by atoms with Crippen LogP contribution in [-0.4, -0.2) is 64.5 Å². The van der Waals surface area contributed by atoms with E-state index in [0.717, 1.165) is 17.8 Å². The molecular weight excluding hydrogens is 489 g/mol. The van der Waals surface area contributed by atoms with Crippen LogP contribution in [0, 0.1) is 0 Å². The molecule has 2 N–H and O–H groups in total. The van der Waals surface area contributed by atoms with Gasteiger partial charge in [0, 0.05) is 24.4 Å². The van der Waals surface area contributed by atoms with Crippen molar-refractivity contribution in [3.63, 3.8) is 0 Å². The maximum atomic E-state index is 13.0. The Kier molecular flexibility index (Phi) is 9.52. The molecule has 3 rings (SSSR count). The van der Waals surface area contributed by atoms with E-state index in [1.807, 2.05) is 27.7 Å². The second-order valence-corrected chi connectivity index (χ2v) is 9.26. The van der Waals surface area contributed by atoms with Crippen LogP contribution in [-0.2, 0) is 15.7 Å². The molecule has 0 saturated heterocycles. The normalized spacial score (nSPS) is 13.0. The first-order valence-electron chi connectivity index (χ1n) is 12.0. The van der Waals surface area contributed by atoms with Gasteiger partial charge in [0.2, 0.25) is 0 Å². The average molecular weight is 523 g/mol. The fourth-order valence-corrected chi connectivity index (χ4v) is 3.23. The van der Waals surface area contributed by atoms with E-state index in [-0.39, 0.29) is 24.8 Å². The van der Waals surface area contributed by atoms with E-state index in [9.17, 15) is 18.3 Å². The summed E-state index contributed by atoms with van der Waals surface area (Å²) < 4.78 is 57.0. The van der Waals surface area contributed by atoms with Gasteiger partial charge >= 0.3 is 12.2 Å². The minimum atomic E-state index is -4.44. The van der Waals surface area contributed by atoms with Crippen molar-refractivity contribution in [1.82, 2.24) is 14.8 Å². The van der Waals surface area contributed by atoms with E-state index in [4.69, 9.17) is 14.2 Å². The largest absolute Gasteiger partial charge is 0.460 e. The molecule has 1 atom stereocenters. The van der Waals surface area contributed by atoms with Crippen LogP contribution in [0.1, 0.15) is 33.3 Å². The Morgan fingerprint density at radius 1 is 1.00 bits per heavy atom. The summed E-state index contributed by atoms with van der Waals surface area (Å²) in [5.41, 5.74) is 0.758. The van der Waals surface area contributed by atoms with E-state index in [1.54, 1.807) is 24.3 Å². The van der Waals surface area contributed by atoms with Gasteiger partial charge in [-0.3, -0.25) is 0 Å². The Bertz CT molecular complexity index is 1110. The highest BCUT2D eigenvalue weighted by Gasteiger charge is 2.30. The number of nitrogens with one attached hydrogen (secondary N) is 1. The molecular formula is C26H33F3N4O4. The van der Waals surface area contributed by atoms with Crippen LogP contribution < -0.4 is 10.1 Å². The van der Waals surface area contributed by atoms with Gasteiger partial charge in [-0.1, -0.05) is 12.1 Å².